The number of ether oxygens (including phenoxy) is 1. The standard InChI is InChI=1S/C26H28FN3O4S/c1-29(2)24(19-8-6-9-20(27)15-19)17-28-26(31)22-16-21(11-12-25(22)34-3)35(32,33)30-14-13-18-7-4-5-10-23(18)30/h4-12,15-16,24H,13-14,17H2,1-3H3,(H,28,31). The number of rotatable bonds is 8. The molecule has 4 rings (SSSR count). The Morgan fingerprint density at radius 1 is 1.11 bits per heavy atom. The fraction of sp³-hybridized carbons (Fsp3) is 0.269. The molecule has 35 heavy (non-hydrogen) atoms. The van der Waals surface area contributed by atoms with Gasteiger partial charge in [-0.3, -0.25) is 9.10 Å². The molecule has 0 radical (unpaired) electrons. The summed E-state index contributed by atoms with van der Waals surface area (Å²) >= 11 is 0. The lowest BCUT2D eigenvalue weighted by molar-refractivity contribution is 0.0938. The van der Waals surface area contributed by atoms with Gasteiger partial charge in [0.15, 0.2) is 0 Å². The highest BCUT2D eigenvalue weighted by Gasteiger charge is 2.31. The van der Waals surface area contributed by atoms with Gasteiger partial charge < -0.3 is 15.0 Å². The molecule has 0 saturated carbocycles. The Hall–Kier alpha value is -3.43. The number of hydrogen-bond acceptors (Lipinski definition) is 5. The highest BCUT2D eigenvalue weighted by atomic mass is 32.2. The van der Waals surface area contributed by atoms with Gasteiger partial charge in [-0.25, -0.2) is 12.8 Å². The monoisotopic (exact) mass is 497 g/mol. The van der Waals surface area contributed by atoms with Crippen molar-refractivity contribution >= 4 is 21.6 Å². The van der Waals surface area contributed by atoms with Crippen molar-refractivity contribution in [2.75, 3.05) is 38.6 Å². The fourth-order valence-corrected chi connectivity index (χ4v) is 5.84. The van der Waals surface area contributed by atoms with E-state index in [0.717, 1.165) is 5.56 Å². The molecule has 3 aromatic rings. The van der Waals surface area contributed by atoms with Crippen LogP contribution in [0.5, 0.6) is 5.75 Å². The van der Waals surface area contributed by atoms with E-state index in [1.165, 1.54) is 41.7 Å². The molecule has 1 aliphatic heterocycles. The van der Waals surface area contributed by atoms with Crippen molar-refractivity contribution < 1.29 is 22.3 Å². The van der Waals surface area contributed by atoms with Crippen LogP contribution >= 0.6 is 0 Å². The number of para-hydroxylation sites is 1. The zero-order valence-electron chi connectivity index (χ0n) is 19.9. The quantitative estimate of drug-likeness (QED) is 0.514. The van der Waals surface area contributed by atoms with Gasteiger partial charge >= 0.3 is 0 Å². The van der Waals surface area contributed by atoms with Crippen LogP contribution < -0.4 is 14.4 Å². The number of fused-ring (bicyclic) bond motifs is 1. The van der Waals surface area contributed by atoms with Crippen molar-refractivity contribution in [1.29, 1.82) is 0 Å². The average Bonchev–Trinajstić information content (AvgIpc) is 3.28. The lowest BCUT2D eigenvalue weighted by atomic mass is 10.1. The number of benzene rings is 3. The molecule has 9 heteroatoms. The summed E-state index contributed by atoms with van der Waals surface area (Å²) in [7, 11) is 1.22. The summed E-state index contributed by atoms with van der Waals surface area (Å²) in [5, 5.41) is 2.85. The zero-order valence-corrected chi connectivity index (χ0v) is 20.7. The van der Waals surface area contributed by atoms with Crippen LogP contribution in [0.4, 0.5) is 10.1 Å². The van der Waals surface area contributed by atoms with Crippen LogP contribution in [-0.2, 0) is 16.4 Å². The molecule has 1 atom stereocenters. The molecule has 0 aromatic heterocycles. The number of amides is 1. The third kappa shape index (κ3) is 5.01. The Morgan fingerprint density at radius 3 is 2.60 bits per heavy atom. The Morgan fingerprint density at radius 2 is 1.89 bits per heavy atom. The fourth-order valence-electron chi connectivity index (χ4n) is 4.31. The molecular formula is C26H28FN3O4S. The lowest BCUT2D eigenvalue weighted by Crippen LogP contribution is -2.35. The van der Waals surface area contributed by atoms with E-state index in [1.54, 1.807) is 24.3 Å². The first-order valence-corrected chi connectivity index (χ1v) is 12.6. The number of carbonyl (C=O) groups is 1. The third-order valence-electron chi connectivity index (χ3n) is 6.16. The van der Waals surface area contributed by atoms with Gasteiger partial charge in [0.1, 0.15) is 11.6 Å². The van der Waals surface area contributed by atoms with Gasteiger partial charge in [0.25, 0.3) is 15.9 Å². The minimum Gasteiger partial charge on any atom is -0.496 e. The van der Waals surface area contributed by atoms with Crippen LogP contribution in [0.15, 0.2) is 71.6 Å². The molecule has 1 heterocycles. The second-order valence-electron chi connectivity index (χ2n) is 8.56. The number of carbonyl (C=O) groups excluding carboxylic acids is 1. The SMILES string of the molecule is COc1ccc(S(=O)(=O)N2CCc3ccccc32)cc1C(=O)NCC(c1cccc(F)c1)N(C)C. The van der Waals surface area contributed by atoms with Gasteiger partial charge in [-0.05, 0) is 68.0 Å². The van der Waals surface area contributed by atoms with Gasteiger partial charge in [0.2, 0.25) is 0 Å². The summed E-state index contributed by atoms with van der Waals surface area (Å²) in [6.45, 7) is 0.530. The van der Waals surface area contributed by atoms with E-state index >= 15 is 0 Å². The van der Waals surface area contributed by atoms with E-state index in [2.05, 4.69) is 5.32 Å². The first-order chi connectivity index (χ1) is 16.7. The van der Waals surface area contributed by atoms with Gasteiger partial charge in [0.05, 0.1) is 29.3 Å². The van der Waals surface area contributed by atoms with E-state index in [9.17, 15) is 17.6 Å². The Bertz CT molecular complexity index is 1340. The van der Waals surface area contributed by atoms with Crippen LogP contribution in [0.3, 0.4) is 0 Å². The van der Waals surface area contributed by atoms with E-state index in [1.807, 2.05) is 31.1 Å². The number of nitrogens with zero attached hydrogens (tertiary/aromatic N) is 2. The molecule has 1 amide bonds. The second-order valence-corrected chi connectivity index (χ2v) is 10.4. The Labute approximate surface area is 205 Å². The highest BCUT2D eigenvalue weighted by molar-refractivity contribution is 7.92. The van der Waals surface area contributed by atoms with Crippen molar-refractivity contribution in [3.8, 4) is 5.75 Å². The summed E-state index contributed by atoms with van der Waals surface area (Å²) in [5.41, 5.74) is 2.44. The van der Waals surface area contributed by atoms with Gasteiger partial charge in [-0.15, -0.1) is 0 Å². The summed E-state index contributed by atoms with van der Waals surface area (Å²) < 4.78 is 47.4. The average molecular weight is 498 g/mol. The normalized spacial score (nSPS) is 14.0. The maximum atomic E-state index is 13.7. The molecule has 7 nitrogen and oxygen atoms in total. The minimum atomic E-state index is -3.88. The second kappa shape index (κ2) is 10.1. The molecule has 0 fully saturated rings. The molecule has 184 valence electrons. The topological polar surface area (TPSA) is 79.0 Å². The van der Waals surface area contributed by atoms with E-state index < -0.39 is 15.9 Å². The van der Waals surface area contributed by atoms with E-state index in [4.69, 9.17) is 4.74 Å². The number of nitrogens with one attached hydrogen (secondary N) is 1. The van der Waals surface area contributed by atoms with Crippen LogP contribution in [0.1, 0.15) is 27.5 Å². The van der Waals surface area contributed by atoms with Crippen molar-refractivity contribution in [3.05, 3.63) is 89.2 Å². The third-order valence-corrected chi connectivity index (χ3v) is 7.97. The number of anilines is 1. The van der Waals surface area contributed by atoms with Crippen LogP contribution in [0.2, 0.25) is 0 Å². The smallest absolute Gasteiger partial charge is 0.264 e. The van der Waals surface area contributed by atoms with Crippen molar-refractivity contribution in [1.82, 2.24) is 10.2 Å². The molecule has 1 N–H and O–H groups in total. The van der Waals surface area contributed by atoms with E-state index in [-0.39, 0.29) is 34.6 Å². The predicted molar refractivity (Wildman–Crippen MR) is 133 cm³/mol. The predicted octanol–water partition coefficient (Wildman–Crippen LogP) is 3.62. The molecular weight excluding hydrogens is 469 g/mol. The van der Waals surface area contributed by atoms with Gasteiger partial charge in [-0.1, -0.05) is 30.3 Å². The zero-order chi connectivity index (χ0) is 25.2. The molecule has 0 bridgehead atoms. The highest BCUT2D eigenvalue weighted by Crippen LogP contribution is 2.34. The Kier molecular flexibility index (Phi) is 7.09. The number of methoxy groups -OCH3 is 1. The number of hydrogen-bond donors (Lipinski definition) is 1. The summed E-state index contributed by atoms with van der Waals surface area (Å²) in [5.74, 6) is -0.580. The maximum Gasteiger partial charge on any atom is 0.264 e. The van der Waals surface area contributed by atoms with Crippen molar-refractivity contribution in [2.24, 2.45) is 0 Å². The first kappa shape index (κ1) is 24.7. The minimum absolute atomic E-state index is 0.00874. The molecule has 1 aliphatic rings. The molecule has 3 aromatic carbocycles. The lowest BCUT2D eigenvalue weighted by Gasteiger charge is -2.25. The van der Waals surface area contributed by atoms with Crippen LogP contribution in [0, 0.1) is 5.82 Å². The van der Waals surface area contributed by atoms with Gasteiger partial charge in [-0.2, -0.15) is 0 Å². The van der Waals surface area contributed by atoms with Gasteiger partial charge in [0, 0.05) is 13.1 Å². The molecule has 0 aliphatic carbocycles. The number of halogens is 1. The number of likely N-dealkylation sites (N-methyl/N-ethyl adjacent to an activating group) is 1. The summed E-state index contributed by atoms with van der Waals surface area (Å²) in [6, 6.07) is 17.6. The molecule has 1 unspecified atom stereocenters. The summed E-state index contributed by atoms with van der Waals surface area (Å²) in [6.07, 6.45) is 0.630. The van der Waals surface area contributed by atoms with Crippen molar-refractivity contribution in [2.45, 2.75) is 17.4 Å². The molecule has 0 spiro atoms. The van der Waals surface area contributed by atoms with Crippen LogP contribution in [-0.4, -0.2) is 53.5 Å². The van der Waals surface area contributed by atoms with Crippen molar-refractivity contribution in [3.63, 3.8) is 0 Å². The molecule has 0 saturated heterocycles. The van der Waals surface area contributed by atoms with E-state index in [0.29, 0.717) is 24.2 Å². The Balaban J connectivity index is 1.60. The summed E-state index contributed by atoms with van der Waals surface area (Å²) in [4.78, 5) is 15.0. The van der Waals surface area contributed by atoms with Crippen LogP contribution in [0.25, 0.3) is 0 Å². The first-order valence-electron chi connectivity index (χ1n) is 11.2. The number of sulfonamides is 1. The maximum absolute atomic E-state index is 13.7. The largest absolute Gasteiger partial charge is 0.496 e.